The van der Waals surface area contributed by atoms with Gasteiger partial charge in [-0.25, -0.2) is 0 Å². The minimum absolute atomic E-state index is 0.00211. The summed E-state index contributed by atoms with van der Waals surface area (Å²) in [5, 5.41) is 14.0. The van der Waals surface area contributed by atoms with Gasteiger partial charge in [-0.1, -0.05) is 18.1 Å². The molecule has 4 rings (SSSR count). The summed E-state index contributed by atoms with van der Waals surface area (Å²) >= 11 is 0. The summed E-state index contributed by atoms with van der Waals surface area (Å²) in [6.45, 7) is 6.00. The standard InChI is InChI=1S/C21H27NO3/c1-12(2)25-22-19-11-18-17-6-4-13-10-14(23)5-7-15(13)16(17)8-9-21(18,3)20(19)24/h5,7,10,12,16-18,23H,4,6,8-9,11H2,1-3H3/b22-19+/t16-,17-,18+,21+/m1/s1. The Morgan fingerprint density at radius 1 is 1.32 bits per heavy atom. The predicted molar refractivity (Wildman–Crippen MR) is 96.8 cm³/mol. The van der Waals surface area contributed by atoms with Gasteiger partial charge >= 0.3 is 0 Å². The molecule has 0 amide bonds. The molecule has 0 spiro atoms. The average Bonchev–Trinajstić information content (AvgIpc) is 2.84. The first-order chi connectivity index (χ1) is 11.9. The van der Waals surface area contributed by atoms with Crippen LogP contribution < -0.4 is 0 Å². The topological polar surface area (TPSA) is 58.9 Å². The van der Waals surface area contributed by atoms with Crippen LogP contribution >= 0.6 is 0 Å². The molecule has 0 saturated heterocycles. The van der Waals surface area contributed by atoms with Crippen molar-refractivity contribution in [2.75, 3.05) is 0 Å². The number of carbonyl (C=O) groups is 1. The van der Waals surface area contributed by atoms with Gasteiger partial charge in [0, 0.05) is 11.8 Å². The molecule has 0 radical (unpaired) electrons. The van der Waals surface area contributed by atoms with Crippen molar-refractivity contribution >= 4 is 11.5 Å². The molecule has 1 aromatic rings. The van der Waals surface area contributed by atoms with E-state index in [1.807, 2.05) is 19.9 Å². The molecule has 3 aliphatic rings. The van der Waals surface area contributed by atoms with Crippen molar-refractivity contribution in [1.82, 2.24) is 0 Å². The lowest BCUT2D eigenvalue weighted by Crippen LogP contribution is -2.42. The number of ketones is 1. The van der Waals surface area contributed by atoms with Gasteiger partial charge in [0.2, 0.25) is 0 Å². The zero-order valence-corrected chi connectivity index (χ0v) is 15.3. The Hall–Kier alpha value is -1.84. The molecule has 0 aromatic heterocycles. The van der Waals surface area contributed by atoms with Crippen molar-refractivity contribution in [3.05, 3.63) is 29.3 Å². The third-order valence-electron chi connectivity index (χ3n) is 6.67. The Kier molecular flexibility index (Phi) is 3.89. The highest BCUT2D eigenvalue weighted by Crippen LogP contribution is 2.59. The Morgan fingerprint density at radius 3 is 2.88 bits per heavy atom. The van der Waals surface area contributed by atoms with E-state index in [9.17, 15) is 9.90 Å². The van der Waals surface area contributed by atoms with E-state index in [0.717, 1.165) is 32.1 Å². The second-order valence-electron chi connectivity index (χ2n) is 8.48. The third-order valence-corrected chi connectivity index (χ3v) is 6.67. The fourth-order valence-electron chi connectivity index (χ4n) is 5.43. The number of hydrogen-bond donors (Lipinski definition) is 1. The summed E-state index contributed by atoms with van der Waals surface area (Å²) in [5.41, 5.74) is 3.02. The molecule has 2 fully saturated rings. The number of phenolic OH excluding ortho intramolecular Hbond substituents is 1. The van der Waals surface area contributed by atoms with E-state index in [0.29, 0.717) is 29.2 Å². The highest BCUT2D eigenvalue weighted by atomic mass is 16.6. The van der Waals surface area contributed by atoms with E-state index >= 15 is 0 Å². The number of hydrogen-bond acceptors (Lipinski definition) is 4. The molecule has 1 aromatic carbocycles. The smallest absolute Gasteiger partial charge is 0.186 e. The summed E-state index contributed by atoms with van der Waals surface area (Å²) < 4.78 is 0. The molecule has 2 saturated carbocycles. The minimum Gasteiger partial charge on any atom is -0.508 e. The Balaban J connectivity index is 1.65. The fourth-order valence-corrected chi connectivity index (χ4v) is 5.43. The second-order valence-corrected chi connectivity index (χ2v) is 8.48. The van der Waals surface area contributed by atoms with Crippen molar-refractivity contribution in [2.24, 2.45) is 22.4 Å². The van der Waals surface area contributed by atoms with E-state index < -0.39 is 0 Å². The molecule has 0 aliphatic heterocycles. The molecule has 0 bridgehead atoms. The van der Waals surface area contributed by atoms with Gasteiger partial charge in [-0.05, 0) is 80.5 Å². The zero-order valence-electron chi connectivity index (χ0n) is 15.3. The number of nitrogens with zero attached hydrogens (tertiary/aromatic N) is 1. The molecular formula is C21H27NO3. The third kappa shape index (κ3) is 2.57. The van der Waals surface area contributed by atoms with E-state index in [1.54, 1.807) is 6.07 Å². The number of fused-ring (bicyclic) bond motifs is 5. The van der Waals surface area contributed by atoms with Gasteiger partial charge in [-0.3, -0.25) is 4.79 Å². The van der Waals surface area contributed by atoms with Crippen LogP contribution in [0.25, 0.3) is 0 Å². The SMILES string of the molecule is CC(C)O/N=C1\C[C@H]2[C@@H]3CCc4cc(O)ccc4[C@H]3CC[C@]2(C)C1=O. The summed E-state index contributed by atoms with van der Waals surface area (Å²) in [5.74, 6) is 1.93. The summed E-state index contributed by atoms with van der Waals surface area (Å²) in [6, 6.07) is 5.82. The molecule has 3 aliphatic carbocycles. The lowest BCUT2D eigenvalue weighted by Gasteiger charge is -2.47. The lowest BCUT2D eigenvalue weighted by molar-refractivity contribution is -0.125. The van der Waals surface area contributed by atoms with Crippen LogP contribution in [0.3, 0.4) is 0 Å². The maximum Gasteiger partial charge on any atom is 0.186 e. The van der Waals surface area contributed by atoms with Crippen LogP contribution in [0.15, 0.2) is 23.4 Å². The number of carbonyl (C=O) groups excluding carboxylic acids is 1. The first kappa shape index (κ1) is 16.6. The van der Waals surface area contributed by atoms with Gasteiger partial charge in [0.15, 0.2) is 5.78 Å². The number of Topliss-reactive ketones (excluding diaryl/α,β-unsaturated/α-hetero) is 1. The molecule has 4 nitrogen and oxygen atoms in total. The highest BCUT2D eigenvalue weighted by Gasteiger charge is 2.57. The van der Waals surface area contributed by atoms with Crippen molar-refractivity contribution in [1.29, 1.82) is 0 Å². The number of benzene rings is 1. The molecule has 134 valence electrons. The van der Waals surface area contributed by atoms with E-state index in [1.165, 1.54) is 11.1 Å². The first-order valence-electron chi connectivity index (χ1n) is 9.49. The van der Waals surface area contributed by atoms with Crippen LogP contribution in [0.2, 0.25) is 0 Å². The minimum atomic E-state index is -0.283. The summed E-state index contributed by atoms with van der Waals surface area (Å²) in [6.07, 6.45) is 4.78. The van der Waals surface area contributed by atoms with Gasteiger partial charge in [0.1, 0.15) is 17.6 Å². The van der Waals surface area contributed by atoms with Crippen LogP contribution in [0.4, 0.5) is 0 Å². The van der Waals surface area contributed by atoms with Crippen LogP contribution in [0.1, 0.15) is 63.5 Å². The number of rotatable bonds is 2. The van der Waals surface area contributed by atoms with E-state index in [2.05, 4.69) is 18.1 Å². The Bertz CT molecular complexity index is 739. The van der Waals surface area contributed by atoms with Gasteiger partial charge in [0.05, 0.1) is 0 Å². The zero-order chi connectivity index (χ0) is 17.8. The predicted octanol–water partition coefficient (Wildman–Crippen LogP) is 4.21. The average molecular weight is 341 g/mol. The second kappa shape index (κ2) is 5.86. The number of aromatic hydroxyl groups is 1. The fraction of sp³-hybridized carbons (Fsp3) is 0.619. The molecule has 0 heterocycles. The van der Waals surface area contributed by atoms with Crippen LogP contribution in [0, 0.1) is 17.3 Å². The number of phenols is 1. The van der Waals surface area contributed by atoms with E-state index in [4.69, 9.17) is 4.84 Å². The maximum absolute atomic E-state index is 13.0. The van der Waals surface area contributed by atoms with Crippen molar-refractivity contribution in [2.45, 2.75) is 64.9 Å². The summed E-state index contributed by atoms with van der Waals surface area (Å²) in [4.78, 5) is 18.4. The van der Waals surface area contributed by atoms with Crippen molar-refractivity contribution < 1.29 is 14.7 Å². The molecular weight excluding hydrogens is 314 g/mol. The van der Waals surface area contributed by atoms with Gasteiger partial charge in [-0.2, -0.15) is 0 Å². The highest BCUT2D eigenvalue weighted by molar-refractivity contribution is 6.43. The van der Waals surface area contributed by atoms with Crippen molar-refractivity contribution in [3.8, 4) is 5.75 Å². The van der Waals surface area contributed by atoms with E-state index in [-0.39, 0.29) is 17.3 Å². The molecule has 4 atom stereocenters. The molecule has 0 unspecified atom stereocenters. The molecule has 1 N–H and O–H groups in total. The Labute approximate surface area is 149 Å². The lowest BCUT2D eigenvalue weighted by atomic mass is 9.55. The first-order valence-corrected chi connectivity index (χ1v) is 9.49. The number of aryl methyl sites for hydroxylation is 1. The van der Waals surface area contributed by atoms with Gasteiger partial charge < -0.3 is 9.94 Å². The largest absolute Gasteiger partial charge is 0.508 e. The monoisotopic (exact) mass is 341 g/mol. The molecule has 25 heavy (non-hydrogen) atoms. The normalized spacial score (nSPS) is 35.4. The van der Waals surface area contributed by atoms with Crippen molar-refractivity contribution in [3.63, 3.8) is 0 Å². The van der Waals surface area contributed by atoms with Gasteiger partial charge in [0.25, 0.3) is 0 Å². The Morgan fingerprint density at radius 2 is 2.12 bits per heavy atom. The maximum atomic E-state index is 13.0. The van der Waals surface area contributed by atoms with Crippen LogP contribution in [-0.4, -0.2) is 22.7 Å². The van der Waals surface area contributed by atoms with Crippen LogP contribution in [0.5, 0.6) is 5.75 Å². The number of oxime groups is 1. The molecule has 4 heteroatoms. The van der Waals surface area contributed by atoms with Crippen LogP contribution in [-0.2, 0) is 16.1 Å². The summed E-state index contributed by atoms with van der Waals surface area (Å²) in [7, 11) is 0. The van der Waals surface area contributed by atoms with Gasteiger partial charge in [-0.15, -0.1) is 0 Å². The quantitative estimate of drug-likeness (QED) is 0.820.